The molecule has 0 amide bonds. The Kier molecular flexibility index (Phi) is 3.83. The van der Waals surface area contributed by atoms with Crippen LogP contribution in [0.2, 0.25) is 0 Å². The van der Waals surface area contributed by atoms with Gasteiger partial charge in [0.15, 0.2) is 6.29 Å². The number of hydrogen-bond acceptors (Lipinski definition) is 3. The van der Waals surface area contributed by atoms with E-state index in [0.29, 0.717) is 19.3 Å². The molecule has 1 fully saturated rings. The van der Waals surface area contributed by atoms with E-state index in [1.165, 1.54) is 0 Å². The summed E-state index contributed by atoms with van der Waals surface area (Å²) in [6.07, 6.45) is 1.29. The summed E-state index contributed by atoms with van der Waals surface area (Å²) in [6, 6.07) is 0. The summed E-state index contributed by atoms with van der Waals surface area (Å²) in [5.41, 5.74) is 0. The average Bonchev–Trinajstić information content (AvgIpc) is 2.72. The Morgan fingerprint density at radius 1 is 1.64 bits per heavy atom. The van der Waals surface area contributed by atoms with E-state index in [0.717, 1.165) is 13.0 Å². The van der Waals surface area contributed by atoms with Gasteiger partial charge in [-0.25, -0.2) is 0 Å². The van der Waals surface area contributed by atoms with E-state index in [9.17, 15) is 0 Å². The molecule has 3 nitrogen and oxygen atoms in total. The Labute approximate surface area is 67.6 Å². The molecule has 1 radical (unpaired) electrons. The molecule has 1 aliphatic rings. The number of hydrogen-bond donors (Lipinski definition) is 0. The predicted molar refractivity (Wildman–Crippen MR) is 41.1 cm³/mol. The fourth-order valence-corrected chi connectivity index (χ4v) is 0.814. The quantitative estimate of drug-likeness (QED) is 0.427. The lowest BCUT2D eigenvalue weighted by atomic mass is 10.3. The second kappa shape index (κ2) is 4.70. The van der Waals surface area contributed by atoms with Gasteiger partial charge in [-0.3, -0.25) is 0 Å². The van der Waals surface area contributed by atoms with Gasteiger partial charge in [-0.2, -0.15) is 0 Å². The molecule has 2 unspecified atom stereocenters. The minimum absolute atomic E-state index is 0.133. The molecular weight excluding hydrogens is 144 g/mol. The molecule has 11 heavy (non-hydrogen) atoms. The molecule has 0 aromatic heterocycles. The fraction of sp³-hybridized carbons (Fsp3) is 0.875. The Morgan fingerprint density at radius 2 is 2.36 bits per heavy atom. The van der Waals surface area contributed by atoms with E-state index >= 15 is 0 Å². The van der Waals surface area contributed by atoms with Gasteiger partial charge in [0.1, 0.15) is 0 Å². The number of epoxide rings is 1. The van der Waals surface area contributed by atoms with Crippen molar-refractivity contribution in [2.75, 3.05) is 19.8 Å². The molecule has 0 aromatic rings. The summed E-state index contributed by atoms with van der Waals surface area (Å²) in [7, 11) is 0. The van der Waals surface area contributed by atoms with Gasteiger partial charge >= 0.3 is 0 Å². The molecule has 0 aliphatic carbocycles. The van der Waals surface area contributed by atoms with Gasteiger partial charge in [-0.15, -0.1) is 0 Å². The lowest BCUT2D eigenvalue weighted by Gasteiger charge is -2.11. The lowest BCUT2D eigenvalue weighted by Crippen LogP contribution is -2.14. The van der Waals surface area contributed by atoms with Crippen molar-refractivity contribution in [3.05, 3.63) is 6.92 Å². The Balaban J connectivity index is 1.84. The molecule has 0 N–H and O–H groups in total. The van der Waals surface area contributed by atoms with Crippen LogP contribution in [0.3, 0.4) is 0 Å². The molecule has 1 saturated heterocycles. The zero-order valence-electron chi connectivity index (χ0n) is 6.91. The third-order valence-corrected chi connectivity index (χ3v) is 1.55. The minimum Gasteiger partial charge on any atom is -0.373 e. The summed E-state index contributed by atoms with van der Waals surface area (Å²) in [4.78, 5) is 0. The third kappa shape index (κ3) is 4.35. The third-order valence-electron chi connectivity index (χ3n) is 1.55. The topological polar surface area (TPSA) is 31.0 Å². The second-order valence-electron chi connectivity index (χ2n) is 2.55. The predicted octanol–water partition coefficient (Wildman–Crippen LogP) is 0.989. The van der Waals surface area contributed by atoms with Gasteiger partial charge in [0.25, 0.3) is 0 Å². The van der Waals surface area contributed by atoms with Crippen molar-refractivity contribution in [1.29, 1.82) is 0 Å². The zero-order chi connectivity index (χ0) is 8.10. The molecule has 0 saturated carbocycles. The summed E-state index contributed by atoms with van der Waals surface area (Å²) in [5.74, 6) is 0. The zero-order valence-corrected chi connectivity index (χ0v) is 6.91. The van der Waals surface area contributed by atoms with E-state index in [2.05, 4.69) is 6.92 Å². The number of rotatable bonds is 6. The second-order valence-corrected chi connectivity index (χ2v) is 2.55. The highest BCUT2D eigenvalue weighted by Crippen LogP contribution is 2.13. The largest absolute Gasteiger partial charge is 0.373 e. The Hall–Kier alpha value is -0.120. The molecule has 0 bridgehead atoms. The van der Waals surface area contributed by atoms with E-state index in [1.807, 2.05) is 6.92 Å². The average molecular weight is 159 g/mol. The summed E-state index contributed by atoms with van der Waals surface area (Å²) in [5, 5.41) is 0. The molecule has 65 valence electrons. The first-order chi connectivity index (χ1) is 5.33. The normalized spacial score (nSPS) is 25.1. The van der Waals surface area contributed by atoms with Gasteiger partial charge in [-0.05, 0) is 20.3 Å². The molecular formula is C8H15O3. The maximum absolute atomic E-state index is 5.29. The van der Waals surface area contributed by atoms with Crippen LogP contribution in [0.4, 0.5) is 0 Å². The van der Waals surface area contributed by atoms with Crippen LogP contribution in [0.5, 0.6) is 0 Å². The Morgan fingerprint density at radius 3 is 2.91 bits per heavy atom. The smallest absolute Gasteiger partial charge is 0.154 e. The highest BCUT2D eigenvalue weighted by atomic mass is 16.7. The van der Waals surface area contributed by atoms with Gasteiger partial charge in [-0.1, -0.05) is 0 Å². The molecule has 3 heteroatoms. The van der Waals surface area contributed by atoms with Gasteiger partial charge < -0.3 is 14.2 Å². The highest BCUT2D eigenvalue weighted by Gasteiger charge is 2.21. The van der Waals surface area contributed by atoms with Crippen LogP contribution in [-0.4, -0.2) is 32.2 Å². The van der Waals surface area contributed by atoms with Crippen LogP contribution in [0.15, 0.2) is 0 Å². The minimum atomic E-state index is -0.133. The van der Waals surface area contributed by atoms with Crippen LogP contribution in [0, 0.1) is 6.92 Å². The SMILES string of the molecule is [CH2]COC(C)OCCC1CO1. The molecule has 1 aliphatic heterocycles. The first kappa shape index (κ1) is 8.97. The van der Waals surface area contributed by atoms with E-state index < -0.39 is 0 Å². The molecule has 0 aromatic carbocycles. The van der Waals surface area contributed by atoms with Crippen LogP contribution >= 0.6 is 0 Å². The molecule has 0 spiro atoms. The van der Waals surface area contributed by atoms with Gasteiger partial charge in [0.05, 0.1) is 19.3 Å². The van der Waals surface area contributed by atoms with Crippen molar-refractivity contribution in [2.24, 2.45) is 0 Å². The van der Waals surface area contributed by atoms with E-state index in [-0.39, 0.29) is 6.29 Å². The lowest BCUT2D eigenvalue weighted by molar-refractivity contribution is -0.124. The van der Waals surface area contributed by atoms with Gasteiger partial charge in [0, 0.05) is 6.61 Å². The maximum Gasteiger partial charge on any atom is 0.154 e. The summed E-state index contributed by atoms with van der Waals surface area (Å²) < 4.78 is 15.4. The van der Waals surface area contributed by atoms with Crippen LogP contribution < -0.4 is 0 Å². The standard InChI is InChI=1S/C8H15O3/c1-3-9-7(2)10-5-4-8-6-11-8/h7-8H,1,3-6H2,2H3. The summed E-state index contributed by atoms with van der Waals surface area (Å²) in [6.45, 7) is 7.50. The first-order valence-electron chi connectivity index (χ1n) is 3.97. The van der Waals surface area contributed by atoms with Crippen molar-refractivity contribution in [2.45, 2.75) is 25.7 Å². The van der Waals surface area contributed by atoms with Gasteiger partial charge in [0.2, 0.25) is 0 Å². The monoisotopic (exact) mass is 159 g/mol. The van der Waals surface area contributed by atoms with Crippen LogP contribution in [-0.2, 0) is 14.2 Å². The first-order valence-corrected chi connectivity index (χ1v) is 3.97. The Bertz CT molecular complexity index is 102. The summed E-state index contributed by atoms with van der Waals surface area (Å²) >= 11 is 0. The van der Waals surface area contributed by atoms with Crippen LogP contribution in [0.25, 0.3) is 0 Å². The number of ether oxygens (including phenoxy) is 3. The van der Waals surface area contributed by atoms with Crippen molar-refractivity contribution in [3.8, 4) is 0 Å². The highest BCUT2D eigenvalue weighted by molar-refractivity contribution is 4.67. The molecule has 2 atom stereocenters. The van der Waals surface area contributed by atoms with E-state index in [1.54, 1.807) is 0 Å². The van der Waals surface area contributed by atoms with Crippen molar-refractivity contribution in [3.63, 3.8) is 0 Å². The van der Waals surface area contributed by atoms with E-state index in [4.69, 9.17) is 14.2 Å². The van der Waals surface area contributed by atoms with Crippen molar-refractivity contribution in [1.82, 2.24) is 0 Å². The van der Waals surface area contributed by atoms with Crippen LogP contribution in [0.1, 0.15) is 13.3 Å². The van der Waals surface area contributed by atoms with Crippen molar-refractivity contribution >= 4 is 0 Å². The fourth-order valence-electron chi connectivity index (χ4n) is 0.814. The maximum atomic E-state index is 5.29. The van der Waals surface area contributed by atoms with Crippen molar-refractivity contribution < 1.29 is 14.2 Å². The molecule has 1 heterocycles. The molecule has 1 rings (SSSR count).